The van der Waals surface area contributed by atoms with E-state index in [2.05, 4.69) is 20.9 Å². The lowest BCUT2D eigenvalue weighted by molar-refractivity contribution is -0.137. The van der Waals surface area contributed by atoms with E-state index in [0.29, 0.717) is 28.6 Å². The summed E-state index contributed by atoms with van der Waals surface area (Å²) in [5, 5.41) is 7.83. The second-order valence-electron chi connectivity index (χ2n) is 11.9. The number of hydrogen-bond donors (Lipinski definition) is 3. The molecule has 0 radical (unpaired) electrons. The number of rotatable bonds is 9. The number of hydrogen-bond acceptors (Lipinski definition) is 7. The number of nitrogens with zero attached hydrogens (tertiary/aromatic N) is 1. The molecule has 10 nitrogen and oxygen atoms in total. The summed E-state index contributed by atoms with van der Waals surface area (Å²) in [6, 6.07) is 11.5. The summed E-state index contributed by atoms with van der Waals surface area (Å²) in [6.07, 6.45) is -0.457. The Morgan fingerprint density at radius 1 is 0.978 bits per heavy atom. The average Bonchev–Trinajstić information content (AvgIpc) is 3.82. The SMILES string of the molecule is CC(C)(C)OC(=O)NCCc1cc(NC(=O)C2=Cc3cc(Oc4ccnc(NC(=O)C5CC5)c4)ccc3OC2)cc(C(F)(F)F)c1. The first kappa shape index (κ1) is 32.3. The molecule has 0 unspecified atom stereocenters. The number of carbonyl (C=O) groups is 3. The van der Waals surface area contributed by atoms with E-state index in [1.165, 1.54) is 12.3 Å². The van der Waals surface area contributed by atoms with Crippen LogP contribution in [-0.4, -0.2) is 41.6 Å². The predicted octanol–water partition coefficient (Wildman–Crippen LogP) is 6.72. The van der Waals surface area contributed by atoms with Gasteiger partial charge in [-0.15, -0.1) is 0 Å². The fourth-order valence-electron chi connectivity index (χ4n) is 4.51. The molecular weight excluding hydrogens is 605 g/mol. The second kappa shape index (κ2) is 13.1. The zero-order valence-electron chi connectivity index (χ0n) is 25.4. The minimum atomic E-state index is -4.66. The Labute approximate surface area is 263 Å². The van der Waals surface area contributed by atoms with Crippen LogP contribution in [0.25, 0.3) is 6.08 Å². The summed E-state index contributed by atoms with van der Waals surface area (Å²) in [4.78, 5) is 41.3. The van der Waals surface area contributed by atoms with Crippen molar-refractivity contribution in [2.24, 2.45) is 5.92 Å². The van der Waals surface area contributed by atoms with E-state index >= 15 is 0 Å². The molecule has 13 heteroatoms. The van der Waals surface area contributed by atoms with Gasteiger partial charge in [0.25, 0.3) is 5.91 Å². The van der Waals surface area contributed by atoms with Crippen molar-refractivity contribution in [1.82, 2.24) is 10.3 Å². The molecule has 3 aromatic rings. The zero-order chi connectivity index (χ0) is 33.1. The van der Waals surface area contributed by atoms with E-state index < -0.39 is 29.3 Å². The number of aromatic nitrogens is 1. The molecule has 2 heterocycles. The maximum absolute atomic E-state index is 13.7. The minimum absolute atomic E-state index is 0.0222. The van der Waals surface area contributed by atoms with Crippen molar-refractivity contribution in [2.75, 3.05) is 23.8 Å². The van der Waals surface area contributed by atoms with Gasteiger partial charge in [-0.25, -0.2) is 9.78 Å². The van der Waals surface area contributed by atoms with Gasteiger partial charge in [-0.05, 0) is 94.1 Å². The van der Waals surface area contributed by atoms with Crippen molar-refractivity contribution in [1.29, 1.82) is 0 Å². The molecule has 3 amide bonds. The molecule has 0 saturated heterocycles. The van der Waals surface area contributed by atoms with Crippen LogP contribution in [0.5, 0.6) is 17.2 Å². The Hall–Kier alpha value is -5.07. The minimum Gasteiger partial charge on any atom is -0.488 e. The Morgan fingerprint density at radius 2 is 1.74 bits per heavy atom. The van der Waals surface area contributed by atoms with Crippen LogP contribution in [0.1, 0.15) is 50.3 Å². The normalized spacial score (nSPS) is 14.3. The number of alkyl carbamates (subject to hydrolysis) is 1. The molecular formula is C33H33F3N4O6. The lowest BCUT2D eigenvalue weighted by Gasteiger charge is -2.20. The van der Waals surface area contributed by atoms with Crippen LogP contribution in [0.3, 0.4) is 0 Å². The standard InChI is InChI=1S/C33H33F3N4O6/c1-32(2,3)46-31(43)38-10-8-19-12-23(33(34,35)36)16-24(13-19)39-30(42)22-14-21-15-25(6-7-27(21)44-18-22)45-26-9-11-37-28(17-26)40-29(41)20-4-5-20/h6-7,9,11-17,20H,4-5,8,10,18H2,1-3H3,(H,38,43)(H,39,42)(H,37,40,41). The largest absolute Gasteiger partial charge is 0.488 e. The molecule has 1 aromatic heterocycles. The first-order valence-corrected chi connectivity index (χ1v) is 14.6. The first-order chi connectivity index (χ1) is 21.7. The maximum Gasteiger partial charge on any atom is 0.416 e. The van der Waals surface area contributed by atoms with Crippen LogP contribution in [0.15, 0.2) is 60.3 Å². The molecule has 0 atom stereocenters. The van der Waals surface area contributed by atoms with Crippen molar-refractivity contribution in [3.05, 3.63) is 77.0 Å². The second-order valence-corrected chi connectivity index (χ2v) is 11.9. The molecule has 242 valence electrons. The summed E-state index contributed by atoms with van der Waals surface area (Å²) >= 11 is 0. The number of alkyl halides is 3. The third kappa shape index (κ3) is 8.99. The number of halogens is 3. The molecule has 1 fully saturated rings. The van der Waals surface area contributed by atoms with E-state index in [0.717, 1.165) is 25.0 Å². The topological polar surface area (TPSA) is 128 Å². The van der Waals surface area contributed by atoms with Crippen LogP contribution in [0.2, 0.25) is 0 Å². The highest BCUT2D eigenvalue weighted by Gasteiger charge is 2.32. The number of anilines is 2. The third-order valence-electron chi connectivity index (χ3n) is 6.81. The van der Waals surface area contributed by atoms with Crippen LogP contribution >= 0.6 is 0 Å². The molecule has 1 saturated carbocycles. The fraction of sp³-hybridized carbons (Fsp3) is 0.333. The van der Waals surface area contributed by atoms with E-state index in [1.54, 1.807) is 57.2 Å². The molecule has 1 aliphatic carbocycles. The predicted molar refractivity (Wildman–Crippen MR) is 164 cm³/mol. The highest BCUT2D eigenvalue weighted by molar-refractivity contribution is 6.07. The Bertz CT molecular complexity index is 1680. The van der Waals surface area contributed by atoms with Gasteiger partial charge in [-0.2, -0.15) is 13.2 Å². The number of ether oxygens (including phenoxy) is 3. The number of fused-ring (bicyclic) bond motifs is 1. The molecule has 2 aliphatic rings. The summed E-state index contributed by atoms with van der Waals surface area (Å²) in [5.74, 6) is 1.02. The van der Waals surface area contributed by atoms with Crippen LogP contribution in [0.4, 0.5) is 29.5 Å². The Balaban J connectivity index is 1.26. The highest BCUT2D eigenvalue weighted by atomic mass is 19.4. The van der Waals surface area contributed by atoms with E-state index in [-0.39, 0.29) is 48.2 Å². The van der Waals surface area contributed by atoms with Crippen LogP contribution in [-0.2, 0) is 26.9 Å². The highest BCUT2D eigenvalue weighted by Crippen LogP contribution is 2.35. The monoisotopic (exact) mass is 638 g/mol. The van der Waals surface area contributed by atoms with E-state index in [4.69, 9.17) is 14.2 Å². The number of benzene rings is 2. The summed E-state index contributed by atoms with van der Waals surface area (Å²) < 4.78 is 57.9. The molecule has 5 rings (SSSR count). The van der Waals surface area contributed by atoms with Gasteiger partial charge >= 0.3 is 12.3 Å². The van der Waals surface area contributed by atoms with Crippen molar-refractivity contribution in [3.8, 4) is 17.2 Å². The smallest absolute Gasteiger partial charge is 0.416 e. The summed E-state index contributed by atoms with van der Waals surface area (Å²) in [6.45, 7) is 5.02. The average molecular weight is 639 g/mol. The van der Waals surface area contributed by atoms with Gasteiger partial charge in [-0.1, -0.05) is 0 Å². The van der Waals surface area contributed by atoms with Crippen molar-refractivity contribution in [3.63, 3.8) is 0 Å². The quantitative estimate of drug-likeness (QED) is 0.237. The van der Waals surface area contributed by atoms with Gasteiger partial charge < -0.3 is 30.2 Å². The molecule has 0 bridgehead atoms. The van der Waals surface area contributed by atoms with Gasteiger partial charge in [0.05, 0.1) is 11.1 Å². The van der Waals surface area contributed by atoms with Crippen molar-refractivity contribution < 1.29 is 41.8 Å². The van der Waals surface area contributed by atoms with Gasteiger partial charge in [0.15, 0.2) is 0 Å². The molecule has 2 aromatic carbocycles. The van der Waals surface area contributed by atoms with Gasteiger partial charge in [0, 0.05) is 36.0 Å². The number of nitrogens with one attached hydrogen (secondary N) is 3. The van der Waals surface area contributed by atoms with Crippen molar-refractivity contribution >= 4 is 35.5 Å². The fourth-order valence-corrected chi connectivity index (χ4v) is 4.51. The molecule has 1 aliphatic heterocycles. The number of amides is 3. The third-order valence-corrected chi connectivity index (χ3v) is 6.81. The lowest BCUT2D eigenvalue weighted by atomic mass is 10.0. The zero-order valence-corrected chi connectivity index (χ0v) is 25.4. The van der Waals surface area contributed by atoms with E-state index in [1.807, 2.05) is 0 Å². The Morgan fingerprint density at radius 3 is 2.46 bits per heavy atom. The lowest BCUT2D eigenvalue weighted by Crippen LogP contribution is -2.33. The summed E-state index contributed by atoms with van der Waals surface area (Å²) in [5.41, 5.74) is -0.743. The van der Waals surface area contributed by atoms with E-state index in [9.17, 15) is 27.6 Å². The van der Waals surface area contributed by atoms with Crippen molar-refractivity contribution in [2.45, 2.75) is 51.8 Å². The Kier molecular flexibility index (Phi) is 9.22. The van der Waals surface area contributed by atoms with Crippen LogP contribution in [0, 0.1) is 5.92 Å². The molecule has 3 N–H and O–H groups in total. The number of carbonyl (C=O) groups excluding carboxylic acids is 3. The van der Waals surface area contributed by atoms with Gasteiger partial charge in [0.2, 0.25) is 5.91 Å². The number of pyridine rings is 1. The molecule has 0 spiro atoms. The maximum atomic E-state index is 13.7. The summed E-state index contributed by atoms with van der Waals surface area (Å²) in [7, 11) is 0. The van der Waals surface area contributed by atoms with Gasteiger partial charge in [0.1, 0.15) is 35.3 Å². The van der Waals surface area contributed by atoms with Gasteiger partial charge in [-0.3, -0.25) is 9.59 Å². The van der Waals surface area contributed by atoms with Crippen LogP contribution < -0.4 is 25.4 Å². The first-order valence-electron chi connectivity index (χ1n) is 14.6. The molecule has 46 heavy (non-hydrogen) atoms.